The second kappa shape index (κ2) is 18.0. The Hall–Kier alpha value is -2.01. The van der Waals surface area contributed by atoms with Crippen LogP contribution >= 0.6 is 19.2 Å². The lowest BCUT2D eigenvalue weighted by atomic mass is 9.68. The number of hydrogen-bond acceptors (Lipinski definition) is 14. The highest BCUT2D eigenvalue weighted by Crippen LogP contribution is 2.47. The van der Waals surface area contributed by atoms with E-state index in [0.717, 1.165) is 38.8 Å². The van der Waals surface area contributed by atoms with Gasteiger partial charge in [-0.1, -0.05) is 5.92 Å². The Morgan fingerprint density at radius 1 is 0.959 bits per heavy atom. The first-order valence-corrected chi connectivity index (χ1v) is 18.4. The van der Waals surface area contributed by atoms with Gasteiger partial charge < -0.3 is 58.1 Å². The zero-order valence-corrected chi connectivity index (χ0v) is 28.8. The Labute approximate surface area is 289 Å². The van der Waals surface area contributed by atoms with Gasteiger partial charge in [0, 0.05) is 18.5 Å². The minimum Gasteiger partial charge on any atom is -0.387 e. The molecule has 1 aliphatic carbocycles. The van der Waals surface area contributed by atoms with Crippen LogP contribution in [-0.4, -0.2) is 150 Å². The van der Waals surface area contributed by atoms with Crippen molar-refractivity contribution in [3.63, 3.8) is 0 Å². The minimum atomic E-state index is -4.40. The molecule has 1 spiro atoms. The zero-order chi connectivity index (χ0) is 34.9. The van der Waals surface area contributed by atoms with Gasteiger partial charge in [0.2, 0.25) is 5.28 Å². The first-order valence-electron chi connectivity index (χ1n) is 16.2. The van der Waals surface area contributed by atoms with Crippen molar-refractivity contribution in [2.75, 3.05) is 90.4 Å². The van der Waals surface area contributed by atoms with E-state index in [1.54, 1.807) is 6.20 Å². The molecule has 1 saturated carbocycles. The molecule has 4 heterocycles. The third-order valence-corrected chi connectivity index (χ3v) is 9.44. The van der Waals surface area contributed by atoms with Crippen molar-refractivity contribution in [3.8, 4) is 12.3 Å². The van der Waals surface area contributed by atoms with Gasteiger partial charge >= 0.3 is 7.60 Å². The SMILES string of the molecule is C#CCOCCOCCOCCOCCOC1CCC2(CC1)CN(c1nc(Cl)nc3c1cnn3[C@@H]1OC(COCP(=O)(O)O)[C@@H](O)[C@H]1O)C2. The third kappa shape index (κ3) is 10.5. The molecule has 2 saturated heterocycles. The van der Waals surface area contributed by atoms with Gasteiger partial charge in [0.05, 0.1) is 77.1 Å². The number of aliphatic hydroxyl groups is 2. The Morgan fingerprint density at radius 2 is 1.59 bits per heavy atom. The van der Waals surface area contributed by atoms with Gasteiger partial charge in [-0.15, -0.1) is 6.42 Å². The second-order valence-corrected chi connectivity index (χ2v) is 14.3. The Morgan fingerprint density at radius 3 is 2.22 bits per heavy atom. The topological polar surface area (TPSA) is 209 Å². The number of ether oxygens (including phenoxy) is 7. The summed E-state index contributed by atoms with van der Waals surface area (Å²) >= 11 is 6.33. The zero-order valence-electron chi connectivity index (χ0n) is 27.2. The van der Waals surface area contributed by atoms with Gasteiger partial charge in [0.1, 0.15) is 37.1 Å². The standard InChI is InChI=1S/C30H45ClN5O12P/c1-2-7-42-8-9-43-10-11-44-12-13-45-14-15-47-21-3-5-30(6-4-21)18-35(19-30)26-22-16-32-36(27(22)34-29(31)33-26)28-25(38)24(37)23(48-28)17-46-20-49(39,40)41/h1,16,21,23-25,28,37-38H,3-15,17-20H2,(H2,39,40,41)/t23?,24-,25-,28-/m1/s1. The molecule has 1 unspecified atom stereocenters. The Kier molecular flexibility index (Phi) is 14.0. The summed E-state index contributed by atoms with van der Waals surface area (Å²) in [6.07, 6.45) is 5.04. The lowest BCUT2D eigenvalue weighted by molar-refractivity contribution is -0.0658. The molecule has 19 heteroatoms. The van der Waals surface area contributed by atoms with E-state index in [1.807, 2.05) is 0 Å². The van der Waals surface area contributed by atoms with Crippen LogP contribution in [0.25, 0.3) is 11.0 Å². The number of aromatic nitrogens is 4. The maximum Gasteiger partial charge on any atom is 0.350 e. The van der Waals surface area contributed by atoms with E-state index in [4.69, 9.17) is 61.0 Å². The van der Waals surface area contributed by atoms with E-state index in [2.05, 4.69) is 25.9 Å². The molecule has 0 bridgehead atoms. The number of hydrogen-bond donors (Lipinski definition) is 4. The van der Waals surface area contributed by atoms with Crippen LogP contribution < -0.4 is 4.90 Å². The highest BCUT2D eigenvalue weighted by molar-refractivity contribution is 7.51. The average molecular weight is 734 g/mol. The molecule has 49 heavy (non-hydrogen) atoms. The Bertz CT molecular complexity index is 1430. The molecule has 0 radical (unpaired) electrons. The monoisotopic (exact) mass is 733 g/mol. The minimum absolute atomic E-state index is 0.00181. The number of aliphatic hydroxyl groups excluding tert-OH is 2. The van der Waals surface area contributed by atoms with Crippen molar-refractivity contribution in [1.82, 2.24) is 19.7 Å². The van der Waals surface area contributed by atoms with Crippen LogP contribution in [0.5, 0.6) is 0 Å². The normalized spacial score (nSPS) is 24.1. The van der Waals surface area contributed by atoms with Gasteiger partial charge in [-0.05, 0) is 37.3 Å². The predicted octanol–water partition coefficient (Wildman–Crippen LogP) is 0.716. The van der Waals surface area contributed by atoms with Gasteiger partial charge in [-0.25, -0.2) is 4.68 Å². The van der Waals surface area contributed by atoms with Gasteiger partial charge in [0.25, 0.3) is 0 Å². The van der Waals surface area contributed by atoms with Gasteiger partial charge in [-0.2, -0.15) is 15.1 Å². The van der Waals surface area contributed by atoms with Crippen molar-refractivity contribution < 1.29 is 57.7 Å². The van der Waals surface area contributed by atoms with Crippen molar-refractivity contribution in [2.45, 2.75) is 56.3 Å². The molecule has 3 fully saturated rings. The fourth-order valence-electron chi connectivity index (χ4n) is 6.33. The number of terminal acetylenes is 1. The van der Waals surface area contributed by atoms with Crippen LogP contribution in [0.2, 0.25) is 5.28 Å². The van der Waals surface area contributed by atoms with E-state index in [-0.39, 0.29) is 30.0 Å². The fraction of sp³-hybridized carbons (Fsp3) is 0.767. The molecule has 2 aromatic rings. The maximum absolute atomic E-state index is 11.1. The molecule has 5 rings (SSSR count). The third-order valence-electron chi connectivity index (χ3n) is 8.75. The summed E-state index contributed by atoms with van der Waals surface area (Å²) < 4.78 is 50.9. The van der Waals surface area contributed by atoms with Crippen LogP contribution in [0, 0.1) is 17.8 Å². The Balaban J connectivity index is 1.01. The molecule has 274 valence electrons. The summed E-state index contributed by atoms with van der Waals surface area (Å²) in [7, 11) is -4.40. The van der Waals surface area contributed by atoms with Crippen LogP contribution in [0.3, 0.4) is 0 Å². The van der Waals surface area contributed by atoms with Crippen LogP contribution in [-0.2, 0) is 37.7 Å². The van der Waals surface area contributed by atoms with E-state index >= 15 is 0 Å². The lowest BCUT2D eigenvalue weighted by Gasteiger charge is -2.54. The summed E-state index contributed by atoms with van der Waals surface area (Å²) in [4.78, 5) is 29.0. The van der Waals surface area contributed by atoms with Gasteiger partial charge in [0.15, 0.2) is 11.9 Å². The second-order valence-electron chi connectivity index (χ2n) is 12.4. The lowest BCUT2D eigenvalue weighted by Crippen LogP contribution is -2.58. The summed E-state index contributed by atoms with van der Waals surface area (Å²) in [5.74, 6) is 3.02. The van der Waals surface area contributed by atoms with Crippen molar-refractivity contribution >= 4 is 36.0 Å². The van der Waals surface area contributed by atoms with Gasteiger partial charge in [-0.3, -0.25) is 4.57 Å². The van der Waals surface area contributed by atoms with Crippen molar-refractivity contribution in [3.05, 3.63) is 11.5 Å². The quantitative estimate of drug-likeness (QED) is 0.0639. The smallest absolute Gasteiger partial charge is 0.350 e. The molecule has 4 atom stereocenters. The van der Waals surface area contributed by atoms with E-state index < -0.39 is 38.5 Å². The van der Waals surface area contributed by atoms with E-state index in [0.29, 0.717) is 69.7 Å². The molecule has 4 N–H and O–H groups in total. The van der Waals surface area contributed by atoms with Crippen LogP contribution in [0.15, 0.2) is 6.20 Å². The molecular formula is C30H45ClN5O12P. The highest BCUT2D eigenvalue weighted by Gasteiger charge is 2.48. The largest absolute Gasteiger partial charge is 0.387 e. The number of fused-ring (bicyclic) bond motifs is 1. The molecule has 3 aliphatic rings. The molecule has 2 aromatic heterocycles. The maximum atomic E-state index is 11.1. The van der Waals surface area contributed by atoms with Crippen molar-refractivity contribution in [2.24, 2.45) is 5.41 Å². The molecule has 2 aliphatic heterocycles. The van der Waals surface area contributed by atoms with Crippen LogP contribution in [0.1, 0.15) is 31.9 Å². The molecule has 0 aromatic carbocycles. The number of rotatable bonds is 20. The first kappa shape index (κ1) is 38.2. The number of halogens is 1. The molecular weight excluding hydrogens is 689 g/mol. The fourth-order valence-corrected chi connectivity index (χ4v) is 6.84. The van der Waals surface area contributed by atoms with Crippen molar-refractivity contribution in [1.29, 1.82) is 0 Å². The van der Waals surface area contributed by atoms with E-state index in [1.165, 1.54) is 4.68 Å². The summed E-state index contributed by atoms with van der Waals surface area (Å²) in [5, 5.41) is 26.2. The molecule has 0 amide bonds. The van der Waals surface area contributed by atoms with E-state index in [9.17, 15) is 14.8 Å². The molecule has 17 nitrogen and oxygen atoms in total. The summed E-state index contributed by atoms with van der Waals surface area (Å²) in [5.41, 5.74) is 0.475. The average Bonchev–Trinajstić information content (AvgIpc) is 3.59. The van der Waals surface area contributed by atoms with Crippen LogP contribution in [0.4, 0.5) is 5.82 Å². The highest BCUT2D eigenvalue weighted by atomic mass is 35.5. The summed E-state index contributed by atoms with van der Waals surface area (Å²) in [6, 6.07) is 0. The predicted molar refractivity (Wildman–Crippen MR) is 174 cm³/mol. The number of nitrogens with zero attached hydrogens (tertiary/aromatic N) is 5. The summed E-state index contributed by atoms with van der Waals surface area (Å²) in [6.45, 7) is 5.49. The first-order chi connectivity index (χ1) is 23.6. The number of anilines is 1.